The topological polar surface area (TPSA) is 38.3 Å². The van der Waals surface area contributed by atoms with E-state index in [1.807, 2.05) is 0 Å². The molecule has 1 amide bonds. The number of alkyl halides is 2. The van der Waals surface area contributed by atoms with E-state index in [-0.39, 0.29) is 12.4 Å². The van der Waals surface area contributed by atoms with Gasteiger partial charge in [-0.3, -0.25) is 0 Å². The molecule has 0 aliphatic carbocycles. The number of hydrogen-bond acceptors (Lipinski definition) is 2. The SMILES string of the molecule is Cl.O=C1N[C@H](c2cccc(F)c2F)C(F)(F)CO1. The molecule has 18 heavy (non-hydrogen) atoms. The fourth-order valence-electron chi connectivity index (χ4n) is 1.56. The summed E-state index contributed by atoms with van der Waals surface area (Å²) in [6.07, 6.45) is -1.09. The van der Waals surface area contributed by atoms with Crippen molar-refractivity contribution in [2.75, 3.05) is 6.61 Å². The maximum Gasteiger partial charge on any atom is 0.408 e. The third kappa shape index (κ3) is 2.50. The molecule has 1 aliphatic heterocycles. The summed E-state index contributed by atoms with van der Waals surface area (Å²) in [5.74, 6) is -6.15. The fourth-order valence-corrected chi connectivity index (χ4v) is 1.56. The molecule has 1 heterocycles. The van der Waals surface area contributed by atoms with Crippen molar-refractivity contribution in [3.8, 4) is 0 Å². The monoisotopic (exact) mass is 285 g/mol. The summed E-state index contributed by atoms with van der Waals surface area (Å²) in [4.78, 5) is 10.8. The van der Waals surface area contributed by atoms with Crippen LogP contribution in [0.5, 0.6) is 0 Å². The Labute approximate surface area is 106 Å². The Balaban J connectivity index is 0.00000162. The Morgan fingerprint density at radius 1 is 1.33 bits per heavy atom. The summed E-state index contributed by atoms with van der Waals surface area (Å²) in [5, 5.41) is 1.77. The second kappa shape index (κ2) is 5.01. The van der Waals surface area contributed by atoms with Gasteiger partial charge in [-0.25, -0.2) is 22.4 Å². The van der Waals surface area contributed by atoms with E-state index in [0.717, 1.165) is 18.2 Å². The smallest absolute Gasteiger partial charge is 0.408 e. The van der Waals surface area contributed by atoms with Crippen LogP contribution < -0.4 is 5.32 Å². The Morgan fingerprint density at radius 3 is 2.67 bits per heavy atom. The molecule has 0 bridgehead atoms. The van der Waals surface area contributed by atoms with Crippen LogP contribution in [0.4, 0.5) is 22.4 Å². The molecule has 1 N–H and O–H groups in total. The van der Waals surface area contributed by atoms with Crippen molar-refractivity contribution in [2.45, 2.75) is 12.0 Å². The van der Waals surface area contributed by atoms with Crippen LogP contribution in [0, 0.1) is 11.6 Å². The van der Waals surface area contributed by atoms with Gasteiger partial charge < -0.3 is 10.1 Å². The molecule has 0 aromatic heterocycles. The molecule has 1 atom stereocenters. The molecule has 1 fully saturated rings. The lowest BCUT2D eigenvalue weighted by molar-refractivity contribution is -0.105. The first-order chi connectivity index (χ1) is 7.92. The number of hydrogen-bond donors (Lipinski definition) is 1. The van der Waals surface area contributed by atoms with Gasteiger partial charge in [-0.1, -0.05) is 12.1 Å². The third-order valence-electron chi connectivity index (χ3n) is 2.37. The predicted molar refractivity (Wildman–Crippen MR) is 55.8 cm³/mol. The number of carbonyl (C=O) groups excluding carboxylic acids is 1. The number of rotatable bonds is 1. The Hall–Kier alpha value is -1.50. The molecule has 8 heteroatoms. The van der Waals surface area contributed by atoms with E-state index in [1.54, 1.807) is 5.32 Å². The normalized spacial score (nSPS) is 21.6. The number of amides is 1. The third-order valence-corrected chi connectivity index (χ3v) is 2.37. The van der Waals surface area contributed by atoms with Crippen LogP contribution >= 0.6 is 12.4 Å². The lowest BCUT2D eigenvalue weighted by Crippen LogP contribution is -2.50. The lowest BCUT2D eigenvalue weighted by Gasteiger charge is -2.31. The van der Waals surface area contributed by atoms with Gasteiger partial charge in [-0.2, -0.15) is 0 Å². The van der Waals surface area contributed by atoms with E-state index in [0.29, 0.717) is 0 Å². The number of alkyl carbamates (subject to hydrolysis) is 1. The number of carbonyl (C=O) groups is 1. The number of benzene rings is 1. The molecule has 0 saturated carbocycles. The second-order valence-corrected chi connectivity index (χ2v) is 3.56. The molecular formula is C10H8ClF4NO2. The average Bonchev–Trinajstić information content (AvgIpc) is 2.26. The first-order valence-electron chi connectivity index (χ1n) is 4.67. The highest BCUT2D eigenvalue weighted by Crippen LogP contribution is 2.35. The lowest BCUT2D eigenvalue weighted by atomic mass is 9.99. The van der Waals surface area contributed by atoms with Gasteiger partial charge >= 0.3 is 12.0 Å². The van der Waals surface area contributed by atoms with Gasteiger partial charge in [-0.15, -0.1) is 12.4 Å². The Bertz CT molecular complexity index is 469. The fraction of sp³-hybridized carbons (Fsp3) is 0.300. The van der Waals surface area contributed by atoms with Gasteiger partial charge in [0.2, 0.25) is 0 Å². The van der Waals surface area contributed by atoms with Gasteiger partial charge in [0.05, 0.1) is 0 Å². The van der Waals surface area contributed by atoms with Gasteiger partial charge in [-0.05, 0) is 6.07 Å². The highest BCUT2D eigenvalue weighted by atomic mass is 35.5. The van der Waals surface area contributed by atoms with Crippen LogP contribution in [0.25, 0.3) is 0 Å². The van der Waals surface area contributed by atoms with Crippen molar-refractivity contribution in [1.29, 1.82) is 0 Å². The van der Waals surface area contributed by atoms with Crippen molar-refractivity contribution in [3.05, 3.63) is 35.4 Å². The minimum Gasteiger partial charge on any atom is -0.443 e. The standard InChI is InChI=1S/C10H7F4NO2.ClH/c11-6-3-1-2-5(7(6)12)8-10(13,14)4-17-9(16)15-8;/h1-3,8H,4H2,(H,15,16);1H/t8-;/m1./s1. The van der Waals surface area contributed by atoms with Crippen LogP contribution in [0.2, 0.25) is 0 Å². The first-order valence-corrected chi connectivity index (χ1v) is 4.67. The van der Waals surface area contributed by atoms with Crippen molar-refractivity contribution in [3.63, 3.8) is 0 Å². The largest absolute Gasteiger partial charge is 0.443 e. The molecular weight excluding hydrogens is 278 g/mol. The van der Waals surface area contributed by atoms with Gasteiger partial charge in [0, 0.05) is 5.56 Å². The van der Waals surface area contributed by atoms with E-state index in [9.17, 15) is 22.4 Å². The first kappa shape index (κ1) is 14.6. The van der Waals surface area contributed by atoms with Crippen molar-refractivity contribution in [1.82, 2.24) is 5.32 Å². The quantitative estimate of drug-likeness (QED) is 0.806. The minimum absolute atomic E-state index is 0. The number of cyclic esters (lactones) is 1. The van der Waals surface area contributed by atoms with Crippen molar-refractivity contribution >= 4 is 18.5 Å². The maximum atomic E-state index is 13.4. The van der Waals surface area contributed by atoms with Gasteiger partial charge in [0.25, 0.3) is 0 Å². The van der Waals surface area contributed by atoms with E-state index < -0.39 is 41.9 Å². The van der Waals surface area contributed by atoms with Crippen LogP contribution in [-0.2, 0) is 4.74 Å². The van der Waals surface area contributed by atoms with E-state index in [1.165, 1.54) is 0 Å². The average molecular weight is 286 g/mol. The molecule has 3 nitrogen and oxygen atoms in total. The summed E-state index contributed by atoms with van der Waals surface area (Å²) in [6, 6.07) is 0.950. The zero-order chi connectivity index (χ0) is 12.6. The summed E-state index contributed by atoms with van der Waals surface area (Å²) >= 11 is 0. The van der Waals surface area contributed by atoms with Crippen LogP contribution in [0.3, 0.4) is 0 Å². The van der Waals surface area contributed by atoms with Crippen LogP contribution in [0.1, 0.15) is 11.6 Å². The molecule has 1 aliphatic rings. The molecule has 0 spiro atoms. The highest BCUT2D eigenvalue weighted by Gasteiger charge is 2.48. The number of ether oxygens (including phenoxy) is 1. The minimum atomic E-state index is -3.50. The van der Waals surface area contributed by atoms with Crippen molar-refractivity contribution < 1.29 is 27.1 Å². The summed E-state index contributed by atoms with van der Waals surface area (Å²) in [5.41, 5.74) is -0.605. The number of halogens is 5. The molecule has 0 unspecified atom stereocenters. The van der Waals surface area contributed by atoms with E-state index in [2.05, 4.69) is 4.74 Å². The molecule has 1 saturated heterocycles. The molecule has 0 radical (unpaired) electrons. The van der Waals surface area contributed by atoms with Crippen LogP contribution in [-0.4, -0.2) is 18.6 Å². The Kier molecular flexibility index (Phi) is 4.05. The highest BCUT2D eigenvalue weighted by molar-refractivity contribution is 5.85. The van der Waals surface area contributed by atoms with E-state index in [4.69, 9.17) is 0 Å². The molecule has 2 rings (SSSR count). The molecule has 1 aromatic rings. The van der Waals surface area contributed by atoms with Crippen LogP contribution in [0.15, 0.2) is 18.2 Å². The molecule has 100 valence electrons. The maximum absolute atomic E-state index is 13.4. The zero-order valence-electron chi connectivity index (χ0n) is 8.75. The van der Waals surface area contributed by atoms with E-state index >= 15 is 0 Å². The summed E-state index contributed by atoms with van der Waals surface area (Å²) < 4.78 is 57.2. The second-order valence-electron chi connectivity index (χ2n) is 3.56. The van der Waals surface area contributed by atoms with Gasteiger partial charge in [0.1, 0.15) is 6.04 Å². The predicted octanol–water partition coefficient (Wildman–Crippen LogP) is 2.80. The molecule has 1 aromatic carbocycles. The summed E-state index contributed by atoms with van der Waals surface area (Å²) in [6.45, 7) is -1.17. The van der Waals surface area contributed by atoms with Crippen molar-refractivity contribution in [2.24, 2.45) is 0 Å². The van der Waals surface area contributed by atoms with Gasteiger partial charge in [0.15, 0.2) is 18.2 Å². The Morgan fingerprint density at radius 2 is 2.00 bits per heavy atom. The number of nitrogens with one attached hydrogen (secondary N) is 1. The summed E-state index contributed by atoms with van der Waals surface area (Å²) in [7, 11) is 0. The zero-order valence-corrected chi connectivity index (χ0v) is 9.57.